The van der Waals surface area contributed by atoms with E-state index >= 15 is 0 Å². The number of nitrogens with zero attached hydrogens (tertiary/aromatic N) is 1. The number of aliphatic carboxylic acids is 1. The third kappa shape index (κ3) is 3.69. The van der Waals surface area contributed by atoms with Gasteiger partial charge in [0, 0.05) is 7.05 Å². The third-order valence-electron chi connectivity index (χ3n) is 3.32. The van der Waals surface area contributed by atoms with Gasteiger partial charge in [0.05, 0.1) is 0 Å². The fourth-order valence-corrected chi connectivity index (χ4v) is 1.62. The van der Waals surface area contributed by atoms with E-state index in [0.29, 0.717) is 0 Å². The van der Waals surface area contributed by atoms with E-state index in [-0.39, 0.29) is 7.05 Å². The highest BCUT2D eigenvalue weighted by atomic mass is 19.4. The van der Waals surface area contributed by atoms with E-state index in [1.807, 2.05) is 0 Å². The molecule has 178 valence electrons. The molecule has 1 amide bonds. The van der Waals surface area contributed by atoms with Gasteiger partial charge in [-0.3, -0.25) is 9.59 Å². The number of alkyl halides is 15. The molecule has 19 heteroatoms. The number of likely N-dealkylation sites (N-methyl/N-ethyl adjacent to an activating group) is 1. The summed E-state index contributed by atoms with van der Waals surface area (Å²) in [6.07, 6.45) is -7.73. The van der Waals surface area contributed by atoms with Crippen molar-refractivity contribution in [3.05, 3.63) is 0 Å². The highest BCUT2D eigenvalue weighted by Gasteiger charge is 2.94. The Morgan fingerprint density at radius 1 is 0.633 bits per heavy atom. The smallest absolute Gasteiger partial charge is 0.460 e. The van der Waals surface area contributed by atoms with Crippen molar-refractivity contribution in [1.29, 1.82) is 0 Å². The molecular weight excluding hydrogens is 479 g/mol. The minimum Gasteiger partial charge on any atom is -0.480 e. The molecule has 0 radical (unpaired) electrons. The first-order valence-corrected chi connectivity index (χ1v) is 6.56. The molecule has 0 aliphatic carbocycles. The molecule has 0 spiro atoms. The van der Waals surface area contributed by atoms with Gasteiger partial charge in [-0.15, -0.1) is 0 Å². The third-order valence-corrected chi connectivity index (χ3v) is 3.32. The van der Waals surface area contributed by atoms with E-state index in [1.54, 1.807) is 0 Å². The van der Waals surface area contributed by atoms with Crippen molar-refractivity contribution >= 4 is 11.9 Å². The number of rotatable bonds is 8. The second kappa shape index (κ2) is 7.24. The molecule has 0 heterocycles. The Labute approximate surface area is 154 Å². The van der Waals surface area contributed by atoms with Crippen LogP contribution in [0.4, 0.5) is 65.9 Å². The van der Waals surface area contributed by atoms with Gasteiger partial charge in [0.2, 0.25) is 0 Å². The topological polar surface area (TPSA) is 57.6 Å². The molecule has 0 aliphatic rings. The number of carbonyl (C=O) groups is 2. The molecule has 0 aromatic heterocycles. The number of carboxylic acids is 1. The first-order valence-electron chi connectivity index (χ1n) is 6.56. The first-order chi connectivity index (χ1) is 12.7. The highest BCUT2D eigenvalue weighted by Crippen LogP contribution is 2.62. The average molecular weight is 485 g/mol. The summed E-state index contributed by atoms with van der Waals surface area (Å²) in [5.74, 6) is -54.6. The van der Waals surface area contributed by atoms with Crippen molar-refractivity contribution < 1.29 is 80.6 Å². The number of hydrogen-bond acceptors (Lipinski definition) is 2. The lowest BCUT2D eigenvalue weighted by atomic mass is 9.90. The molecule has 0 saturated carbocycles. The lowest BCUT2D eigenvalue weighted by Gasteiger charge is -2.41. The molecule has 0 fully saturated rings. The first kappa shape index (κ1) is 27.9. The van der Waals surface area contributed by atoms with Crippen LogP contribution in [-0.4, -0.2) is 77.2 Å². The van der Waals surface area contributed by atoms with Crippen LogP contribution in [0.1, 0.15) is 0 Å². The van der Waals surface area contributed by atoms with E-state index in [2.05, 4.69) is 0 Å². The molecule has 0 aromatic rings. The molecule has 0 aromatic carbocycles. The molecule has 1 N–H and O–H groups in total. The van der Waals surface area contributed by atoms with Crippen LogP contribution in [0, 0.1) is 0 Å². The van der Waals surface area contributed by atoms with Gasteiger partial charge in [0.25, 0.3) is 5.91 Å². The van der Waals surface area contributed by atoms with Gasteiger partial charge in [0.1, 0.15) is 6.54 Å². The maximum atomic E-state index is 13.4. The zero-order valence-corrected chi connectivity index (χ0v) is 13.6. The summed E-state index contributed by atoms with van der Waals surface area (Å²) in [4.78, 5) is 20.3. The molecular formula is C11H6F15NO3. The largest absolute Gasteiger partial charge is 0.480 e. The average Bonchev–Trinajstić information content (AvgIpc) is 2.51. The highest BCUT2D eigenvalue weighted by molar-refractivity contribution is 5.87. The Bertz CT molecular complexity index is 684. The summed E-state index contributed by atoms with van der Waals surface area (Å²) in [5, 5.41) is 8.18. The van der Waals surface area contributed by atoms with E-state index in [9.17, 15) is 75.4 Å². The summed E-state index contributed by atoms with van der Waals surface area (Å²) in [5.41, 5.74) is 0. The monoisotopic (exact) mass is 485 g/mol. The lowest BCUT2D eigenvalue weighted by Crippen LogP contribution is -2.74. The summed E-state index contributed by atoms with van der Waals surface area (Å²) >= 11 is 0. The molecule has 0 saturated heterocycles. The van der Waals surface area contributed by atoms with Gasteiger partial charge in [0.15, 0.2) is 0 Å². The minimum absolute atomic E-state index is 0.0802. The molecule has 30 heavy (non-hydrogen) atoms. The van der Waals surface area contributed by atoms with E-state index < -0.39 is 65.0 Å². The van der Waals surface area contributed by atoms with Crippen molar-refractivity contribution in [3.63, 3.8) is 0 Å². The fourth-order valence-electron chi connectivity index (χ4n) is 1.62. The van der Waals surface area contributed by atoms with Gasteiger partial charge in [-0.2, -0.15) is 65.9 Å². The van der Waals surface area contributed by atoms with Gasteiger partial charge in [-0.05, 0) is 0 Å². The number of amides is 1. The normalized spacial score (nSPS) is 15.2. The number of halogens is 15. The van der Waals surface area contributed by atoms with Crippen LogP contribution >= 0.6 is 0 Å². The quantitative estimate of drug-likeness (QED) is 0.531. The Morgan fingerprint density at radius 3 is 1.23 bits per heavy atom. The molecule has 0 rings (SSSR count). The van der Waals surface area contributed by atoms with Gasteiger partial charge >= 0.3 is 47.7 Å². The van der Waals surface area contributed by atoms with Crippen LogP contribution in [-0.2, 0) is 9.59 Å². The van der Waals surface area contributed by atoms with Gasteiger partial charge < -0.3 is 10.0 Å². The van der Waals surface area contributed by atoms with Gasteiger partial charge in [-0.1, -0.05) is 0 Å². The minimum atomic E-state index is -8.52. The van der Waals surface area contributed by atoms with Crippen LogP contribution in [0.3, 0.4) is 0 Å². The van der Waals surface area contributed by atoms with Crippen molar-refractivity contribution in [2.45, 2.75) is 41.7 Å². The molecule has 0 unspecified atom stereocenters. The van der Waals surface area contributed by atoms with E-state index in [4.69, 9.17) is 5.11 Å². The second-order valence-corrected chi connectivity index (χ2v) is 5.50. The SMILES string of the molecule is CN(CC(=O)O)C(=O)C(F)(F)C(F)(F)C(F)(F)C(F)(F)C(F)(F)C(F)(F)C(F)(F)F. The molecule has 4 nitrogen and oxygen atoms in total. The number of carboxylic acid groups (broad SMARTS) is 1. The van der Waals surface area contributed by atoms with E-state index in [1.165, 1.54) is 0 Å². The Balaban J connectivity index is 6.55. The summed E-state index contributed by atoms with van der Waals surface area (Å²) < 4.78 is 193. The van der Waals surface area contributed by atoms with Crippen molar-refractivity contribution in [2.75, 3.05) is 13.6 Å². The number of carbonyl (C=O) groups excluding carboxylic acids is 1. The fraction of sp³-hybridized carbons (Fsp3) is 0.818. The Hall–Kier alpha value is -2.11. The summed E-state index contributed by atoms with van der Waals surface area (Å²) in [6, 6.07) is 0. The Kier molecular flexibility index (Phi) is 6.73. The standard InChI is InChI=1S/C11H6F15NO3/c1-27(2-3(28)29)4(30)5(12,13)6(14,15)7(16,17)8(18,19)9(20,21)10(22,23)11(24,25)26/h2H2,1H3,(H,28,29). The predicted molar refractivity (Wildman–Crippen MR) is 61.0 cm³/mol. The maximum absolute atomic E-state index is 13.4. The maximum Gasteiger partial charge on any atom is 0.460 e. The van der Waals surface area contributed by atoms with Crippen molar-refractivity contribution in [3.8, 4) is 0 Å². The van der Waals surface area contributed by atoms with Crippen molar-refractivity contribution in [2.24, 2.45) is 0 Å². The molecule has 0 aliphatic heterocycles. The second-order valence-electron chi connectivity index (χ2n) is 5.50. The van der Waals surface area contributed by atoms with Crippen LogP contribution in [0.2, 0.25) is 0 Å². The van der Waals surface area contributed by atoms with Crippen LogP contribution < -0.4 is 0 Å². The molecule has 0 bridgehead atoms. The van der Waals surface area contributed by atoms with Crippen LogP contribution in [0.25, 0.3) is 0 Å². The van der Waals surface area contributed by atoms with Crippen LogP contribution in [0.5, 0.6) is 0 Å². The lowest BCUT2D eigenvalue weighted by molar-refractivity contribution is -0.449. The zero-order chi connectivity index (χ0) is 24.9. The zero-order valence-electron chi connectivity index (χ0n) is 13.6. The van der Waals surface area contributed by atoms with Crippen molar-refractivity contribution in [1.82, 2.24) is 4.90 Å². The molecule has 0 atom stereocenters. The van der Waals surface area contributed by atoms with E-state index in [0.717, 1.165) is 0 Å². The summed E-state index contributed by atoms with van der Waals surface area (Å²) in [7, 11) is -0.0802. The Morgan fingerprint density at radius 2 is 0.933 bits per heavy atom. The van der Waals surface area contributed by atoms with Crippen LogP contribution in [0.15, 0.2) is 0 Å². The van der Waals surface area contributed by atoms with Gasteiger partial charge in [-0.25, -0.2) is 0 Å². The number of hydrogen-bond donors (Lipinski definition) is 1. The predicted octanol–water partition coefficient (Wildman–Crippen LogP) is 3.90. The summed E-state index contributed by atoms with van der Waals surface area (Å²) in [6.45, 7) is -1.95.